The van der Waals surface area contributed by atoms with Gasteiger partial charge in [-0.15, -0.1) is 10.2 Å². The standard InChI is InChI=1S/C11H9ClN4O2S/c1-18-5-9-13-14-11-16(9)15-10(19-11)7-4-6(12)2-3-8(7)17/h2-4,17H,5H2,1H3. The highest BCUT2D eigenvalue weighted by Gasteiger charge is 2.15. The first-order chi connectivity index (χ1) is 9.19. The Labute approximate surface area is 117 Å². The Morgan fingerprint density at radius 2 is 2.26 bits per heavy atom. The van der Waals surface area contributed by atoms with E-state index >= 15 is 0 Å². The van der Waals surface area contributed by atoms with Crippen LogP contribution < -0.4 is 0 Å². The average Bonchev–Trinajstić information content (AvgIpc) is 2.95. The topological polar surface area (TPSA) is 72.5 Å². The first-order valence-corrected chi connectivity index (χ1v) is 6.57. The molecule has 19 heavy (non-hydrogen) atoms. The van der Waals surface area contributed by atoms with Crippen LogP contribution in [-0.2, 0) is 11.3 Å². The molecule has 3 rings (SSSR count). The van der Waals surface area contributed by atoms with Crippen molar-refractivity contribution in [1.82, 2.24) is 19.8 Å². The van der Waals surface area contributed by atoms with E-state index in [1.165, 1.54) is 17.4 Å². The van der Waals surface area contributed by atoms with Crippen LogP contribution in [-0.4, -0.2) is 32.0 Å². The smallest absolute Gasteiger partial charge is 0.235 e. The molecule has 0 fully saturated rings. The van der Waals surface area contributed by atoms with Gasteiger partial charge in [-0.1, -0.05) is 22.9 Å². The number of hydrogen-bond acceptors (Lipinski definition) is 6. The third kappa shape index (κ3) is 2.16. The Morgan fingerprint density at radius 1 is 1.42 bits per heavy atom. The van der Waals surface area contributed by atoms with Gasteiger partial charge in [0, 0.05) is 12.1 Å². The van der Waals surface area contributed by atoms with E-state index in [1.807, 2.05) is 0 Å². The van der Waals surface area contributed by atoms with E-state index in [1.54, 1.807) is 23.8 Å². The summed E-state index contributed by atoms with van der Waals surface area (Å²) in [4.78, 5) is 0.640. The number of fused-ring (bicyclic) bond motifs is 1. The normalized spacial score (nSPS) is 11.3. The molecule has 0 aliphatic carbocycles. The minimum atomic E-state index is 0.127. The SMILES string of the molecule is COCc1nnc2sc(-c3cc(Cl)ccc3O)nn12. The summed E-state index contributed by atoms with van der Waals surface area (Å²) in [5.41, 5.74) is 0.575. The average molecular weight is 297 g/mol. The van der Waals surface area contributed by atoms with Crippen molar-refractivity contribution in [3.05, 3.63) is 29.0 Å². The number of nitrogens with zero attached hydrogens (tertiary/aromatic N) is 4. The van der Waals surface area contributed by atoms with E-state index in [4.69, 9.17) is 16.3 Å². The molecule has 0 aliphatic rings. The molecular formula is C11H9ClN4O2S. The highest BCUT2D eigenvalue weighted by Crippen LogP contribution is 2.34. The number of ether oxygens (including phenoxy) is 1. The highest BCUT2D eigenvalue weighted by molar-refractivity contribution is 7.19. The molecule has 1 aromatic carbocycles. The van der Waals surface area contributed by atoms with Crippen molar-refractivity contribution in [3.63, 3.8) is 0 Å². The van der Waals surface area contributed by atoms with Crippen molar-refractivity contribution >= 4 is 27.9 Å². The molecule has 0 bridgehead atoms. The number of phenolic OH excluding ortho intramolecular Hbond substituents is 1. The minimum Gasteiger partial charge on any atom is -0.507 e. The number of phenols is 1. The van der Waals surface area contributed by atoms with Gasteiger partial charge in [0.2, 0.25) is 4.96 Å². The van der Waals surface area contributed by atoms with E-state index in [-0.39, 0.29) is 5.75 Å². The zero-order valence-electron chi connectivity index (χ0n) is 9.87. The Bertz CT molecular complexity index is 739. The number of hydrogen-bond donors (Lipinski definition) is 1. The largest absolute Gasteiger partial charge is 0.507 e. The predicted molar refractivity (Wildman–Crippen MR) is 71.5 cm³/mol. The van der Waals surface area contributed by atoms with E-state index < -0.39 is 0 Å². The van der Waals surface area contributed by atoms with Crippen molar-refractivity contribution in [3.8, 4) is 16.3 Å². The lowest BCUT2D eigenvalue weighted by atomic mass is 10.2. The fourth-order valence-corrected chi connectivity index (χ4v) is 2.72. The van der Waals surface area contributed by atoms with Gasteiger partial charge in [0.1, 0.15) is 12.4 Å². The second-order valence-corrected chi connectivity index (χ2v) is 5.20. The second-order valence-electron chi connectivity index (χ2n) is 3.81. The molecule has 1 N–H and O–H groups in total. The number of methoxy groups -OCH3 is 1. The monoisotopic (exact) mass is 296 g/mol. The quantitative estimate of drug-likeness (QED) is 0.803. The zero-order valence-corrected chi connectivity index (χ0v) is 11.4. The summed E-state index contributed by atoms with van der Waals surface area (Å²) in [5, 5.41) is 23.4. The molecule has 3 aromatic rings. The van der Waals surface area contributed by atoms with Crippen LogP contribution in [0.1, 0.15) is 5.82 Å². The number of aromatic nitrogens is 4. The maximum atomic E-state index is 9.86. The summed E-state index contributed by atoms with van der Waals surface area (Å²) < 4.78 is 6.62. The molecule has 98 valence electrons. The molecular weight excluding hydrogens is 288 g/mol. The highest BCUT2D eigenvalue weighted by atomic mass is 35.5. The lowest BCUT2D eigenvalue weighted by Crippen LogP contribution is -1.97. The van der Waals surface area contributed by atoms with Gasteiger partial charge in [-0.25, -0.2) is 0 Å². The number of rotatable bonds is 3. The summed E-state index contributed by atoms with van der Waals surface area (Å²) in [5.74, 6) is 0.740. The van der Waals surface area contributed by atoms with Crippen molar-refractivity contribution < 1.29 is 9.84 Å². The second kappa shape index (κ2) is 4.76. The lowest BCUT2D eigenvalue weighted by molar-refractivity contribution is 0.176. The van der Waals surface area contributed by atoms with E-state index in [9.17, 15) is 5.11 Å². The summed E-state index contributed by atoms with van der Waals surface area (Å²) in [6, 6.07) is 4.83. The van der Waals surface area contributed by atoms with E-state index in [0.717, 1.165) is 0 Å². The van der Waals surface area contributed by atoms with Gasteiger partial charge in [0.25, 0.3) is 0 Å². The van der Waals surface area contributed by atoms with Crippen LogP contribution in [0.5, 0.6) is 5.75 Å². The maximum absolute atomic E-state index is 9.86. The molecule has 0 radical (unpaired) electrons. The van der Waals surface area contributed by atoms with Gasteiger partial charge in [0.15, 0.2) is 10.8 Å². The van der Waals surface area contributed by atoms with Crippen LogP contribution in [0.4, 0.5) is 0 Å². The van der Waals surface area contributed by atoms with E-state index in [2.05, 4.69) is 15.3 Å². The Kier molecular flexibility index (Phi) is 3.09. The number of aromatic hydroxyl groups is 1. The number of benzene rings is 1. The molecule has 0 aliphatic heterocycles. The lowest BCUT2D eigenvalue weighted by Gasteiger charge is -2.00. The predicted octanol–water partition coefficient (Wildman–Crippen LogP) is 2.36. The molecule has 2 heterocycles. The summed E-state index contributed by atoms with van der Waals surface area (Å²) in [6.45, 7) is 0.325. The van der Waals surface area contributed by atoms with Crippen LogP contribution in [0, 0.1) is 0 Å². The molecule has 6 nitrogen and oxygen atoms in total. The molecule has 0 atom stereocenters. The fraction of sp³-hybridized carbons (Fsp3) is 0.182. The summed E-state index contributed by atoms with van der Waals surface area (Å²) in [7, 11) is 1.58. The van der Waals surface area contributed by atoms with Gasteiger partial charge in [-0.05, 0) is 18.2 Å². The van der Waals surface area contributed by atoms with Crippen LogP contribution in [0.3, 0.4) is 0 Å². The third-order valence-corrected chi connectivity index (χ3v) is 3.69. The van der Waals surface area contributed by atoms with Crippen molar-refractivity contribution in [2.24, 2.45) is 0 Å². The molecule has 0 saturated carbocycles. The minimum absolute atomic E-state index is 0.127. The fourth-order valence-electron chi connectivity index (χ4n) is 1.66. The number of halogens is 1. The summed E-state index contributed by atoms with van der Waals surface area (Å²) in [6.07, 6.45) is 0. The van der Waals surface area contributed by atoms with Crippen LogP contribution in [0.2, 0.25) is 5.02 Å². The molecule has 0 saturated heterocycles. The first-order valence-electron chi connectivity index (χ1n) is 5.38. The maximum Gasteiger partial charge on any atom is 0.235 e. The molecule has 0 unspecified atom stereocenters. The summed E-state index contributed by atoms with van der Waals surface area (Å²) >= 11 is 7.26. The molecule has 8 heteroatoms. The van der Waals surface area contributed by atoms with Crippen molar-refractivity contribution in [1.29, 1.82) is 0 Å². The van der Waals surface area contributed by atoms with Gasteiger partial charge >= 0.3 is 0 Å². The third-order valence-electron chi connectivity index (χ3n) is 2.52. The van der Waals surface area contributed by atoms with Crippen LogP contribution in [0.15, 0.2) is 18.2 Å². The Balaban J connectivity index is 2.12. The first kappa shape index (κ1) is 12.3. The van der Waals surface area contributed by atoms with Crippen LogP contribution >= 0.6 is 22.9 Å². The molecule has 0 amide bonds. The van der Waals surface area contributed by atoms with Crippen molar-refractivity contribution in [2.75, 3.05) is 7.11 Å². The Hall–Kier alpha value is -1.70. The molecule has 0 spiro atoms. The van der Waals surface area contributed by atoms with E-state index in [0.29, 0.717) is 33.0 Å². The Morgan fingerprint density at radius 3 is 3.05 bits per heavy atom. The zero-order chi connectivity index (χ0) is 13.4. The van der Waals surface area contributed by atoms with Crippen molar-refractivity contribution in [2.45, 2.75) is 6.61 Å². The molecule has 2 aromatic heterocycles. The van der Waals surface area contributed by atoms with Gasteiger partial charge in [0.05, 0.1) is 5.56 Å². The van der Waals surface area contributed by atoms with Gasteiger partial charge < -0.3 is 9.84 Å². The van der Waals surface area contributed by atoms with Gasteiger partial charge in [-0.3, -0.25) is 0 Å². The van der Waals surface area contributed by atoms with Crippen LogP contribution in [0.25, 0.3) is 15.5 Å². The van der Waals surface area contributed by atoms with Gasteiger partial charge in [-0.2, -0.15) is 9.61 Å².